The minimum Gasteiger partial charge on any atom is -0.376 e. The van der Waals surface area contributed by atoms with Crippen molar-refractivity contribution < 1.29 is 9.53 Å². The fraction of sp³-hybridized carbons (Fsp3) is 0.600. The number of pyridine rings is 1. The van der Waals surface area contributed by atoms with Gasteiger partial charge in [-0.1, -0.05) is 6.07 Å². The quantitative estimate of drug-likeness (QED) is 0.891. The number of nitrogens with one attached hydrogen (secondary N) is 1. The first-order chi connectivity index (χ1) is 9.81. The van der Waals surface area contributed by atoms with Crippen LogP contribution in [0.5, 0.6) is 0 Å². The molecular formula is C15H21N3O2. The van der Waals surface area contributed by atoms with Crippen LogP contribution in [0.4, 0.5) is 4.79 Å². The first-order valence-electron chi connectivity index (χ1n) is 7.35. The van der Waals surface area contributed by atoms with E-state index in [4.69, 9.17) is 4.74 Å². The monoisotopic (exact) mass is 275 g/mol. The molecule has 0 unspecified atom stereocenters. The van der Waals surface area contributed by atoms with Crippen LogP contribution in [-0.4, -0.2) is 41.7 Å². The van der Waals surface area contributed by atoms with Crippen LogP contribution >= 0.6 is 0 Å². The summed E-state index contributed by atoms with van der Waals surface area (Å²) >= 11 is 0. The number of carbonyl (C=O) groups is 1. The van der Waals surface area contributed by atoms with Crippen LogP contribution in [0.15, 0.2) is 24.4 Å². The van der Waals surface area contributed by atoms with Crippen LogP contribution in [0.25, 0.3) is 0 Å². The third-order valence-electron chi connectivity index (χ3n) is 3.84. The average Bonchev–Trinajstić information content (AvgIpc) is 3.20. The fourth-order valence-electron chi connectivity index (χ4n) is 2.39. The predicted octanol–water partition coefficient (Wildman–Crippen LogP) is 1.79. The van der Waals surface area contributed by atoms with Crippen molar-refractivity contribution in [3.8, 4) is 0 Å². The van der Waals surface area contributed by atoms with Gasteiger partial charge in [-0.3, -0.25) is 4.98 Å². The van der Waals surface area contributed by atoms with Crippen molar-refractivity contribution in [2.75, 3.05) is 19.7 Å². The lowest BCUT2D eigenvalue weighted by atomic mass is 10.3. The molecular weight excluding hydrogens is 254 g/mol. The van der Waals surface area contributed by atoms with E-state index in [2.05, 4.69) is 10.3 Å². The lowest BCUT2D eigenvalue weighted by Crippen LogP contribution is -2.38. The normalized spacial score (nSPS) is 22.0. The van der Waals surface area contributed by atoms with Crippen molar-refractivity contribution in [1.82, 2.24) is 15.2 Å². The van der Waals surface area contributed by atoms with Crippen molar-refractivity contribution in [2.45, 2.75) is 31.9 Å². The summed E-state index contributed by atoms with van der Waals surface area (Å²) in [6.07, 6.45) is 5.52. The molecule has 3 rings (SSSR count). The Kier molecular flexibility index (Phi) is 4.16. The van der Waals surface area contributed by atoms with Crippen molar-refractivity contribution in [2.24, 2.45) is 5.92 Å². The Balaban J connectivity index is 1.39. The number of carbonyl (C=O) groups excluding carboxylic acids is 1. The van der Waals surface area contributed by atoms with E-state index < -0.39 is 0 Å². The molecule has 1 N–H and O–H groups in total. The highest BCUT2D eigenvalue weighted by Gasteiger charge is 2.29. The SMILES string of the molecule is O=C(NCc1ccccn1)N1CC[C@@H](OCC2CC2)C1. The highest BCUT2D eigenvalue weighted by atomic mass is 16.5. The zero-order valence-electron chi connectivity index (χ0n) is 11.6. The van der Waals surface area contributed by atoms with E-state index in [0.29, 0.717) is 13.1 Å². The van der Waals surface area contributed by atoms with Crippen LogP contribution in [-0.2, 0) is 11.3 Å². The van der Waals surface area contributed by atoms with Crippen molar-refractivity contribution in [3.63, 3.8) is 0 Å². The number of nitrogens with zero attached hydrogens (tertiary/aromatic N) is 2. The second-order valence-corrected chi connectivity index (χ2v) is 5.61. The van der Waals surface area contributed by atoms with E-state index in [-0.39, 0.29) is 12.1 Å². The van der Waals surface area contributed by atoms with E-state index in [9.17, 15) is 4.79 Å². The number of ether oxygens (including phenoxy) is 1. The first kappa shape index (κ1) is 13.4. The number of hydrogen-bond donors (Lipinski definition) is 1. The summed E-state index contributed by atoms with van der Waals surface area (Å²) in [6.45, 7) is 2.84. The molecule has 0 radical (unpaired) electrons. The second-order valence-electron chi connectivity index (χ2n) is 5.61. The maximum absolute atomic E-state index is 12.0. The third kappa shape index (κ3) is 3.70. The van der Waals surface area contributed by atoms with E-state index in [0.717, 1.165) is 31.2 Å². The molecule has 0 aromatic carbocycles. The van der Waals surface area contributed by atoms with Crippen molar-refractivity contribution in [3.05, 3.63) is 30.1 Å². The van der Waals surface area contributed by atoms with E-state index >= 15 is 0 Å². The van der Waals surface area contributed by atoms with Crippen LogP contribution < -0.4 is 5.32 Å². The van der Waals surface area contributed by atoms with Gasteiger partial charge in [-0.05, 0) is 37.3 Å². The molecule has 108 valence electrons. The molecule has 1 atom stereocenters. The number of amides is 2. The minimum atomic E-state index is -0.0202. The molecule has 0 bridgehead atoms. The van der Waals surface area contributed by atoms with Crippen LogP contribution in [0.1, 0.15) is 25.0 Å². The molecule has 5 nitrogen and oxygen atoms in total. The Labute approximate surface area is 119 Å². The second kappa shape index (κ2) is 6.22. The highest BCUT2D eigenvalue weighted by molar-refractivity contribution is 5.74. The molecule has 1 aliphatic heterocycles. The number of hydrogen-bond acceptors (Lipinski definition) is 3. The predicted molar refractivity (Wildman–Crippen MR) is 75.1 cm³/mol. The minimum absolute atomic E-state index is 0.0202. The van der Waals surface area contributed by atoms with Gasteiger partial charge in [0.25, 0.3) is 0 Å². The van der Waals surface area contributed by atoms with Gasteiger partial charge in [-0.2, -0.15) is 0 Å². The maximum atomic E-state index is 12.0. The molecule has 1 aliphatic carbocycles. The molecule has 1 aromatic heterocycles. The first-order valence-corrected chi connectivity index (χ1v) is 7.35. The summed E-state index contributed by atoms with van der Waals surface area (Å²) in [4.78, 5) is 18.1. The summed E-state index contributed by atoms with van der Waals surface area (Å²) in [7, 11) is 0. The Morgan fingerprint density at radius 3 is 3.05 bits per heavy atom. The van der Waals surface area contributed by atoms with Gasteiger partial charge in [0.05, 0.1) is 18.3 Å². The Morgan fingerprint density at radius 2 is 2.30 bits per heavy atom. The molecule has 1 saturated heterocycles. The highest BCUT2D eigenvalue weighted by Crippen LogP contribution is 2.29. The Bertz CT molecular complexity index is 448. The Hall–Kier alpha value is -1.62. The van der Waals surface area contributed by atoms with E-state index in [1.807, 2.05) is 23.1 Å². The van der Waals surface area contributed by atoms with Crippen LogP contribution in [0.3, 0.4) is 0 Å². The Morgan fingerprint density at radius 1 is 1.40 bits per heavy atom. The topological polar surface area (TPSA) is 54.5 Å². The molecule has 1 saturated carbocycles. The molecule has 2 aliphatic rings. The van der Waals surface area contributed by atoms with Gasteiger partial charge in [-0.25, -0.2) is 4.79 Å². The summed E-state index contributed by atoms with van der Waals surface area (Å²) in [5, 5.41) is 2.91. The van der Waals surface area contributed by atoms with Gasteiger partial charge in [0.15, 0.2) is 0 Å². The lowest BCUT2D eigenvalue weighted by Gasteiger charge is -2.17. The third-order valence-corrected chi connectivity index (χ3v) is 3.84. The fourth-order valence-corrected chi connectivity index (χ4v) is 2.39. The molecule has 2 heterocycles. The molecule has 20 heavy (non-hydrogen) atoms. The standard InChI is InChI=1S/C15H21N3O2/c19-15(17-9-13-3-1-2-7-16-13)18-8-6-14(10-18)20-11-12-4-5-12/h1-3,7,12,14H,4-6,8-11H2,(H,17,19)/t14-/m1/s1. The maximum Gasteiger partial charge on any atom is 0.317 e. The van der Waals surface area contributed by atoms with Crippen LogP contribution in [0.2, 0.25) is 0 Å². The van der Waals surface area contributed by atoms with Gasteiger partial charge in [0.2, 0.25) is 0 Å². The molecule has 2 fully saturated rings. The number of urea groups is 1. The van der Waals surface area contributed by atoms with Gasteiger partial charge in [0.1, 0.15) is 0 Å². The number of likely N-dealkylation sites (tertiary alicyclic amines) is 1. The van der Waals surface area contributed by atoms with Crippen LogP contribution in [0, 0.1) is 5.92 Å². The van der Waals surface area contributed by atoms with Gasteiger partial charge < -0.3 is 15.0 Å². The van der Waals surface area contributed by atoms with Crippen molar-refractivity contribution in [1.29, 1.82) is 0 Å². The zero-order valence-corrected chi connectivity index (χ0v) is 11.6. The lowest BCUT2D eigenvalue weighted by molar-refractivity contribution is 0.0538. The molecule has 1 aromatic rings. The van der Waals surface area contributed by atoms with Crippen molar-refractivity contribution >= 4 is 6.03 Å². The number of rotatable bonds is 5. The largest absolute Gasteiger partial charge is 0.376 e. The smallest absolute Gasteiger partial charge is 0.317 e. The summed E-state index contributed by atoms with van der Waals surface area (Å²) < 4.78 is 5.84. The molecule has 0 spiro atoms. The number of aromatic nitrogens is 1. The average molecular weight is 275 g/mol. The summed E-state index contributed by atoms with van der Waals surface area (Å²) in [6, 6.07) is 5.68. The molecule has 2 amide bonds. The van der Waals surface area contributed by atoms with E-state index in [1.165, 1.54) is 12.8 Å². The van der Waals surface area contributed by atoms with Gasteiger partial charge in [-0.15, -0.1) is 0 Å². The van der Waals surface area contributed by atoms with Gasteiger partial charge in [0, 0.05) is 25.9 Å². The van der Waals surface area contributed by atoms with Gasteiger partial charge >= 0.3 is 6.03 Å². The summed E-state index contributed by atoms with van der Waals surface area (Å²) in [5.41, 5.74) is 0.876. The molecule has 5 heteroatoms. The zero-order chi connectivity index (χ0) is 13.8. The van der Waals surface area contributed by atoms with E-state index in [1.54, 1.807) is 6.20 Å². The summed E-state index contributed by atoms with van der Waals surface area (Å²) in [5.74, 6) is 0.780.